The lowest BCUT2D eigenvalue weighted by Gasteiger charge is -2.22. The lowest BCUT2D eigenvalue weighted by molar-refractivity contribution is -0.118. The van der Waals surface area contributed by atoms with E-state index in [2.05, 4.69) is 10.6 Å². The molecule has 0 spiro atoms. The van der Waals surface area contributed by atoms with Crippen LogP contribution in [0.5, 0.6) is 5.75 Å². The first-order valence-electron chi connectivity index (χ1n) is 8.62. The molecular formula is C20H22ClFN2O3. The Morgan fingerprint density at radius 1 is 1.19 bits per heavy atom. The van der Waals surface area contributed by atoms with Crippen molar-refractivity contribution in [2.24, 2.45) is 5.92 Å². The highest BCUT2D eigenvalue weighted by Crippen LogP contribution is 2.21. The summed E-state index contributed by atoms with van der Waals surface area (Å²) in [6, 6.07) is 9.92. The fraction of sp³-hybridized carbons (Fsp3) is 0.300. The number of carbonyl (C=O) groups is 2. The molecule has 2 aromatic carbocycles. The lowest BCUT2D eigenvalue weighted by Crippen LogP contribution is -2.47. The second-order valence-electron chi connectivity index (χ2n) is 6.24. The quantitative estimate of drug-likeness (QED) is 0.739. The van der Waals surface area contributed by atoms with Gasteiger partial charge in [0.15, 0.2) is 0 Å². The number of rotatable bonds is 7. The zero-order valence-corrected chi connectivity index (χ0v) is 16.1. The second kappa shape index (κ2) is 9.37. The minimum absolute atomic E-state index is 0.0939. The average molecular weight is 393 g/mol. The number of hydrogen-bond donors (Lipinski definition) is 2. The van der Waals surface area contributed by atoms with Crippen molar-refractivity contribution in [3.63, 3.8) is 0 Å². The first kappa shape index (κ1) is 20.7. The first-order valence-corrected chi connectivity index (χ1v) is 8.99. The Hall–Kier alpha value is -2.60. The molecule has 27 heavy (non-hydrogen) atoms. The molecule has 0 saturated heterocycles. The molecule has 2 N–H and O–H groups in total. The van der Waals surface area contributed by atoms with Gasteiger partial charge in [-0.25, -0.2) is 4.39 Å². The number of ether oxygens (including phenoxy) is 1. The molecule has 0 aliphatic carbocycles. The Balaban J connectivity index is 2.16. The van der Waals surface area contributed by atoms with Crippen LogP contribution >= 0.6 is 11.6 Å². The van der Waals surface area contributed by atoms with Crippen LogP contribution in [0.1, 0.15) is 31.1 Å². The van der Waals surface area contributed by atoms with E-state index in [1.807, 2.05) is 20.8 Å². The first-order chi connectivity index (χ1) is 12.8. The lowest BCUT2D eigenvalue weighted by atomic mass is 10.0. The van der Waals surface area contributed by atoms with Crippen molar-refractivity contribution in [1.82, 2.24) is 5.32 Å². The summed E-state index contributed by atoms with van der Waals surface area (Å²) in [7, 11) is 0. The molecule has 144 valence electrons. The third-order valence-corrected chi connectivity index (χ3v) is 4.14. The van der Waals surface area contributed by atoms with Gasteiger partial charge in [0, 0.05) is 5.69 Å². The highest BCUT2D eigenvalue weighted by atomic mass is 35.5. The average Bonchev–Trinajstić information content (AvgIpc) is 2.63. The predicted molar refractivity (Wildman–Crippen MR) is 104 cm³/mol. The number of para-hydroxylation sites is 1. The van der Waals surface area contributed by atoms with E-state index in [1.165, 1.54) is 18.2 Å². The minimum atomic E-state index is -0.795. The van der Waals surface area contributed by atoms with Crippen LogP contribution in [0.2, 0.25) is 5.02 Å². The van der Waals surface area contributed by atoms with Gasteiger partial charge in [0.2, 0.25) is 5.91 Å². The molecule has 2 amide bonds. The maximum atomic E-state index is 13.3. The van der Waals surface area contributed by atoms with Crippen LogP contribution in [0.25, 0.3) is 0 Å². The van der Waals surface area contributed by atoms with Crippen LogP contribution < -0.4 is 15.4 Å². The Bertz CT molecular complexity index is 827. The van der Waals surface area contributed by atoms with E-state index in [0.717, 1.165) is 0 Å². The number of halogens is 2. The number of benzene rings is 2. The molecule has 0 fully saturated rings. The summed E-state index contributed by atoms with van der Waals surface area (Å²) in [5.41, 5.74) is 0.698. The van der Waals surface area contributed by atoms with E-state index in [-0.39, 0.29) is 10.9 Å². The van der Waals surface area contributed by atoms with Crippen LogP contribution in [0, 0.1) is 11.7 Å². The number of anilines is 1. The van der Waals surface area contributed by atoms with Crippen LogP contribution in [-0.2, 0) is 4.79 Å². The number of nitrogens with one attached hydrogen (secondary N) is 2. The van der Waals surface area contributed by atoms with Gasteiger partial charge in [-0.3, -0.25) is 9.59 Å². The Morgan fingerprint density at radius 2 is 1.89 bits per heavy atom. The molecule has 0 bridgehead atoms. The molecular weight excluding hydrogens is 371 g/mol. The van der Waals surface area contributed by atoms with Crippen LogP contribution in [0.4, 0.5) is 10.1 Å². The minimum Gasteiger partial charge on any atom is -0.493 e. The summed E-state index contributed by atoms with van der Waals surface area (Å²) >= 11 is 5.74. The maximum Gasteiger partial charge on any atom is 0.255 e. The van der Waals surface area contributed by atoms with Gasteiger partial charge in [0.1, 0.15) is 17.6 Å². The third kappa shape index (κ3) is 5.44. The van der Waals surface area contributed by atoms with Crippen molar-refractivity contribution in [1.29, 1.82) is 0 Å². The molecule has 0 saturated carbocycles. The van der Waals surface area contributed by atoms with Crippen molar-refractivity contribution in [3.8, 4) is 5.75 Å². The normalized spacial score (nSPS) is 11.8. The van der Waals surface area contributed by atoms with Gasteiger partial charge in [-0.1, -0.05) is 37.6 Å². The number of amides is 2. The summed E-state index contributed by atoms with van der Waals surface area (Å²) in [6.07, 6.45) is 0. The topological polar surface area (TPSA) is 67.4 Å². The summed E-state index contributed by atoms with van der Waals surface area (Å²) < 4.78 is 18.7. The van der Waals surface area contributed by atoms with E-state index in [1.54, 1.807) is 24.3 Å². The van der Waals surface area contributed by atoms with Crippen molar-refractivity contribution >= 4 is 29.1 Å². The molecule has 0 aliphatic heterocycles. The Kier molecular flexibility index (Phi) is 7.19. The van der Waals surface area contributed by atoms with Gasteiger partial charge in [-0.05, 0) is 43.2 Å². The smallest absolute Gasteiger partial charge is 0.255 e. The van der Waals surface area contributed by atoms with Gasteiger partial charge in [-0.15, -0.1) is 0 Å². The highest BCUT2D eigenvalue weighted by molar-refractivity contribution is 6.31. The van der Waals surface area contributed by atoms with E-state index in [0.29, 0.717) is 23.6 Å². The van der Waals surface area contributed by atoms with E-state index >= 15 is 0 Å². The standard InChI is InChI=1S/C20H22ClFN2O3/c1-4-27-17-8-6-5-7-14(17)19(25)24-18(12(2)3)20(26)23-13-9-10-16(22)15(21)11-13/h5-12,18H,4H2,1-3H3,(H,23,26)(H,24,25)/t18-/m0/s1. The fourth-order valence-corrected chi connectivity index (χ4v) is 2.66. The molecule has 1 atom stereocenters. The summed E-state index contributed by atoms with van der Waals surface area (Å²) in [4.78, 5) is 25.3. The Labute approximate surface area is 162 Å². The van der Waals surface area contributed by atoms with Crippen LogP contribution in [-0.4, -0.2) is 24.5 Å². The zero-order valence-electron chi connectivity index (χ0n) is 15.4. The highest BCUT2D eigenvalue weighted by Gasteiger charge is 2.26. The Morgan fingerprint density at radius 3 is 2.52 bits per heavy atom. The monoisotopic (exact) mass is 392 g/mol. The van der Waals surface area contributed by atoms with Gasteiger partial charge in [-0.2, -0.15) is 0 Å². The third-order valence-electron chi connectivity index (χ3n) is 3.85. The maximum absolute atomic E-state index is 13.3. The predicted octanol–water partition coefficient (Wildman–Crippen LogP) is 4.27. The van der Waals surface area contributed by atoms with E-state index in [9.17, 15) is 14.0 Å². The molecule has 2 rings (SSSR count). The number of carbonyl (C=O) groups excluding carboxylic acids is 2. The van der Waals surface area contributed by atoms with Gasteiger partial charge in [0.25, 0.3) is 5.91 Å². The molecule has 5 nitrogen and oxygen atoms in total. The van der Waals surface area contributed by atoms with Crippen LogP contribution in [0.15, 0.2) is 42.5 Å². The molecule has 2 aromatic rings. The summed E-state index contributed by atoms with van der Waals surface area (Å²) in [6.45, 7) is 5.88. The summed E-state index contributed by atoms with van der Waals surface area (Å²) in [5.74, 6) is -1.13. The molecule has 0 unspecified atom stereocenters. The fourth-order valence-electron chi connectivity index (χ4n) is 2.48. The summed E-state index contributed by atoms with van der Waals surface area (Å²) in [5, 5.41) is 5.30. The second-order valence-corrected chi connectivity index (χ2v) is 6.65. The van der Waals surface area contributed by atoms with Crippen molar-refractivity contribution in [2.75, 3.05) is 11.9 Å². The molecule has 0 aromatic heterocycles. The van der Waals surface area contributed by atoms with Crippen molar-refractivity contribution in [3.05, 3.63) is 58.9 Å². The molecule has 0 aliphatic rings. The van der Waals surface area contributed by atoms with E-state index in [4.69, 9.17) is 16.3 Å². The van der Waals surface area contributed by atoms with E-state index < -0.39 is 23.7 Å². The van der Waals surface area contributed by atoms with Crippen molar-refractivity contribution < 1.29 is 18.7 Å². The SMILES string of the molecule is CCOc1ccccc1C(=O)N[C@H](C(=O)Nc1ccc(F)c(Cl)c1)C(C)C. The number of hydrogen-bond acceptors (Lipinski definition) is 3. The van der Waals surface area contributed by atoms with Gasteiger partial charge >= 0.3 is 0 Å². The molecule has 7 heteroatoms. The van der Waals surface area contributed by atoms with Gasteiger partial charge in [0.05, 0.1) is 17.2 Å². The molecule has 0 radical (unpaired) electrons. The zero-order chi connectivity index (χ0) is 20.0. The molecule has 0 heterocycles. The van der Waals surface area contributed by atoms with Crippen LogP contribution in [0.3, 0.4) is 0 Å². The van der Waals surface area contributed by atoms with Crippen molar-refractivity contribution in [2.45, 2.75) is 26.8 Å². The van der Waals surface area contributed by atoms with Gasteiger partial charge < -0.3 is 15.4 Å². The largest absolute Gasteiger partial charge is 0.493 e.